The van der Waals surface area contributed by atoms with Crippen molar-refractivity contribution in [1.82, 2.24) is 19.5 Å². The molecule has 0 saturated carbocycles. The van der Waals surface area contributed by atoms with E-state index < -0.39 is 0 Å². The maximum absolute atomic E-state index is 13.1. The lowest BCUT2D eigenvalue weighted by molar-refractivity contribution is -0.116. The zero-order chi connectivity index (χ0) is 22.5. The number of hydrogen-bond acceptors (Lipinski definition) is 5. The Morgan fingerprint density at radius 2 is 1.78 bits per heavy atom. The Bertz CT molecular complexity index is 1170. The van der Waals surface area contributed by atoms with E-state index in [-0.39, 0.29) is 17.7 Å². The molecule has 0 fully saturated rings. The highest BCUT2D eigenvalue weighted by Gasteiger charge is 2.22. The maximum Gasteiger partial charge on any atom is 0.237 e. The van der Waals surface area contributed by atoms with Gasteiger partial charge in [-0.1, -0.05) is 42.1 Å². The Balaban J connectivity index is 1.63. The molecule has 164 valence electrons. The van der Waals surface area contributed by atoms with E-state index >= 15 is 0 Å². The van der Waals surface area contributed by atoms with Gasteiger partial charge in [0, 0.05) is 29.7 Å². The Labute approximate surface area is 191 Å². The third-order valence-corrected chi connectivity index (χ3v) is 5.81. The van der Waals surface area contributed by atoms with Crippen molar-refractivity contribution in [3.8, 4) is 17.1 Å². The molecule has 0 atom stereocenters. The van der Waals surface area contributed by atoms with Gasteiger partial charge in [0.15, 0.2) is 5.82 Å². The van der Waals surface area contributed by atoms with Crippen molar-refractivity contribution in [2.24, 2.45) is 0 Å². The fraction of sp³-hybridized carbons (Fsp3) is 0.208. The number of para-hydroxylation sites is 1. The number of carbonyl (C=O) groups excluding carboxylic acids is 1. The molecule has 0 aliphatic heterocycles. The van der Waals surface area contributed by atoms with Crippen LogP contribution in [-0.4, -0.2) is 44.4 Å². The van der Waals surface area contributed by atoms with Crippen LogP contribution >= 0.6 is 11.8 Å². The van der Waals surface area contributed by atoms with Crippen molar-refractivity contribution < 1.29 is 9.53 Å². The fourth-order valence-electron chi connectivity index (χ4n) is 3.48. The molecule has 4 rings (SSSR count). The molecule has 0 bridgehead atoms. The average molecular weight is 448 g/mol. The van der Waals surface area contributed by atoms with Crippen molar-refractivity contribution in [3.63, 3.8) is 0 Å². The predicted octanol–water partition coefficient (Wildman–Crippen LogP) is 4.60. The maximum atomic E-state index is 13.1. The van der Waals surface area contributed by atoms with Gasteiger partial charge in [0.2, 0.25) is 11.1 Å². The molecule has 7 nitrogen and oxygen atoms in total. The standard InChI is InChI=1S/C24H25N5O2S/c1-18(2)28(20-11-5-4-6-12-20)22(30)17-32-24-26-25-23(29(24)27-14-7-8-15-27)19-10-9-13-21(16-19)31-3/h4-16,18H,17H2,1-3H3. The van der Waals surface area contributed by atoms with Crippen LogP contribution in [0.5, 0.6) is 5.75 Å². The topological polar surface area (TPSA) is 65.2 Å². The molecule has 0 unspecified atom stereocenters. The van der Waals surface area contributed by atoms with Crippen LogP contribution in [0.2, 0.25) is 0 Å². The molecular formula is C24H25N5O2S. The van der Waals surface area contributed by atoms with Gasteiger partial charge in [0.25, 0.3) is 0 Å². The van der Waals surface area contributed by atoms with Crippen molar-refractivity contribution in [1.29, 1.82) is 0 Å². The summed E-state index contributed by atoms with van der Waals surface area (Å²) in [6.45, 7) is 4.03. The number of anilines is 1. The molecule has 2 heterocycles. The van der Waals surface area contributed by atoms with E-state index in [0.29, 0.717) is 11.0 Å². The first-order chi connectivity index (χ1) is 15.6. The molecule has 0 N–H and O–H groups in total. The number of rotatable bonds is 8. The van der Waals surface area contributed by atoms with Crippen LogP contribution in [0, 0.1) is 0 Å². The highest BCUT2D eigenvalue weighted by molar-refractivity contribution is 7.99. The Kier molecular flexibility index (Phi) is 6.61. The second-order valence-electron chi connectivity index (χ2n) is 7.39. The van der Waals surface area contributed by atoms with Gasteiger partial charge >= 0.3 is 0 Å². The largest absolute Gasteiger partial charge is 0.497 e. The van der Waals surface area contributed by atoms with Gasteiger partial charge in [-0.25, -0.2) is 4.68 Å². The normalized spacial score (nSPS) is 11.0. The lowest BCUT2D eigenvalue weighted by Crippen LogP contribution is -2.38. The number of carbonyl (C=O) groups is 1. The van der Waals surface area contributed by atoms with E-state index in [9.17, 15) is 4.79 Å². The number of ether oxygens (including phenoxy) is 1. The van der Waals surface area contributed by atoms with Crippen LogP contribution in [0.25, 0.3) is 11.4 Å². The van der Waals surface area contributed by atoms with Crippen LogP contribution in [0.1, 0.15) is 13.8 Å². The van der Waals surface area contributed by atoms with E-state index in [4.69, 9.17) is 4.74 Å². The number of hydrogen-bond donors (Lipinski definition) is 0. The minimum absolute atomic E-state index is 0.0150. The van der Waals surface area contributed by atoms with E-state index in [0.717, 1.165) is 17.0 Å². The van der Waals surface area contributed by atoms with Gasteiger partial charge in [-0.05, 0) is 50.2 Å². The molecule has 1 amide bonds. The minimum Gasteiger partial charge on any atom is -0.497 e. The quantitative estimate of drug-likeness (QED) is 0.369. The predicted molar refractivity (Wildman–Crippen MR) is 127 cm³/mol. The average Bonchev–Trinajstić information content (AvgIpc) is 3.48. The highest BCUT2D eigenvalue weighted by Crippen LogP contribution is 2.27. The van der Waals surface area contributed by atoms with Crippen molar-refractivity contribution in [2.45, 2.75) is 25.0 Å². The molecular weight excluding hydrogens is 422 g/mol. The Morgan fingerprint density at radius 1 is 1.03 bits per heavy atom. The zero-order valence-electron chi connectivity index (χ0n) is 18.3. The van der Waals surface area contributed by atoms with E-state index in [2.05, 4.69) is 10.2 Å². The van der Waals surface area contributed by atoms with Crippen LogP contribution in [-0.2, 0) is 4.79 Å². The summed E-state index contributed by atoms with van der Waals surface area (Å²) in [6, 6.07) is 21.3. The molecule has 32 heavy (non-hydrogen) atoms. The summed E-state index contributed by atoms with van der Waals surface area (Å²) in [5.41, 5.74) is 1.76. The van der Waals surface area contributed by atoms with Crippen LogP contribution in [0.3, 0.4) is 0 Å². The molecule has 0 spiro atoms. The first-order valence-electron chi connectivity index (χ1n) is 10.3. The number of thioether (sulfide) groups is 1. The fourth-order valence-corrected chi connectivity index (χ4v) is 4.27. The highest BCUT2D eigenvalue weighted by atomic mass is 32.2. The van der Waals surface area contributed by atoms with Gasteiger partial charge in [0.05, 0.1) is 12.9 Å². The minimum atomic E-state index is 0.0150. The lowest BCUT2D eigenvalue weighted by atomic mass is 10.2. The summed E-state index contributed by atoms with van der Waals surface area (Å²) in [5.74, 6) is 1.66. The number of amides is 1. The molecule has 0 radical (unpaired) electrons. The third-order valence-electron chi connectivity index (χ3n) is 4.90. The smallest absolute Gasteiger partial charge is 0.237 e. The van der Waals surface area contributed by atoms with Crippen molar-refractivity contribution >= 4 is 23.4 Å². The first kappa shape index (κ1) is 21.7. The molecule has 2 aromatic heterocycles. The van der Waals surface area contributed by atoms with Crippen LogP contribution in [0.4, 0.5) is 5.69 Å². The Hall–Kier alpha value is -3.52. The van der Waals surface area contributed by atoms with Gasteiger partial charge in [-0.15, -0.1) is 10.2 Å². The van der Waals surface area contributed by atoms with Crippen molar-refractivity contribution in [3.05, 3.63) is 79.1 Å². The number of nitrogens with zero attached hydrogens (tertiary/aromatic N) is 5. The molecule has 0 aliphatic rings. The van der Waals surface area contributed by atoms with E-state index in [1.807, 2.05) is 107 Å². The zero-order valence-corrected chi connectivity index (χ0v) is 19.1. The van der Waals surface area contributed by atoms with Crippen LogP contribution < -0.4 is 9.64 Å². The lowest BCUT2D eigenvalue weighted by Gasteiger charge is -2.26. The second kappa shape index (κ2) is 9.74. The summed E-state index contributed by atoms with van der Waals surface area (Å²) in [4.78, 5) is 15.0. The number of aromatic nitrogens is 4. The summed E-state index contributed by atoms with van der Waals surface area (Å²) < 4.78 is 9.16. The van der Waals surface area contributed by atoms with Gasteiger partial charge in [0.1, 0.15) is 5.75 Å². The monoisotopic (exact) mass is 447 g/mol. The Morgan fingerprint density at radius 3 is 2.47 bits per heavy atom. The summed E-state index contributed by atoms with van der Waals surface area (Å²) >= 11 is 1.37. The molecule has 4 aromatic rings. The molecule has 0 aliphatic carbocycles. The summed E-state index contributed by atoms with van der Waals surface area (Å²) in [5, 5.41) is 9.45. The third kappa shape index (κ3) is 4.55. The van der Waals surface area contributed by atoms with E-state index in [1.165, 1.54) is 11.8 Å². The number of benzene rings is 2. The number of methoxy groups -OCH3 is 1. The SMILES string of the molecule is COc1cccc(-c2nnc(SCC(=O)N(c3ccccc3)C(C)C)n2-n2cccc2)c1. The van der Waals surface area contributed by atoms with Gasteiger partial charge < -0.3 is 9.64 Å². The first-order valence-corrected chi connectivity index (χ1v) is 11.3. The second-order valence-corrected chi connectivity index (χ2v) is 8.34. The summed E-state index contributed by atoms with van der Waals surface area (Å²) in [6.07, 6.45) is 3.84. The van der Waals surface area contributed by atoms with E-state index in [1.54, 1.807) is 7.11 Å². The van der Waals surface area contributed by atoms with Gasteiger partial charge in [-0.3, -0.25) is 9.47 Å². The van der Waals surface area contributed by atoms with Crippen LogP contribution in [0.15, 0.2) is 84.3 Å². The molecule has 0 saturated heterocycles. The van der Waals surface area contributed by atoms with Gasteiger partial charge in [-0.2, -0.15) is 0 Å². The molecule has 2 aromatic carbocycles. The van der Waals surface area contributed by atoms with Crippen molar-refractivity contribution in [2.75, 3.05) is 17.8 Å². The summed E-state index contributed by atoms with van der Waals surface area (Å²) in [7, 11) is 1.63. The molecule has 8 heteroatoms.